The van der Waals surface area contributed by atoms with Crippen LogP contribution < -0.4 is 21.3 Å². The number of fused-ring (bicyclic) bond motifs is 2. The van der Waals surface area contributed by atoms with Gasteiger partial charge in [0, 0.05) is 37.9 Å². The highest BCUT2D eigenvalue weighted by molar-refractivity contribution is 6.02. The van der Waals surface area contributed by atoms with Crippen LogP contribution in [-0.4, -0.2) is 57.6 Å². The van der Waals surface area contributed by atoms with Gasteiger partial charge in [-0.05, 0) is 35.1 Å². The Balaban J connectivity index is 1.47. The molecular formula is C36H42N6O4. The number of hydrogen-bond donors (Lipinski definition) is 4. The summed E-state index contributed by atoms with van der Waals surface area (Å²) in [5, 5.41) is 11.8. The maximum atomic E-state index is 13.9. The fourth-order valence-electron chi connectivity index (χ4n) is 5.65. The monoisotopic (exact) mass is 622 g/mol. The lowest BCUT2D eigenvalue weighted by Crippen LogP contribution is -2.58. The molecule has 0 bridgehead atoms. The summed E-state index contributed by atoms with van der Waals surface area (Å²) in [7, 11) is 0. The van der Waals surface area contributed by atoms with Crippen molar-refractivity contribution in [3.63, 3.8) is 0 Å². The molecule has 1 saturated heterocycles. The first-order chi connectivity index (χ1) is 22.1. The van der Waals surface area contributed by atoms with Crippen molar-refractivity contribution in [2.45, 2.75) is 65.0 Å². The maximum absolute atomic E-state index is 13.9. The molecule has 4 N–H and O–H groups in total. The zero-order valence-corrected chi connectivity index (χ0v) is 26.6. The minimum atomic E-state index is -0.898. The van der Waals surface area contributed by atoms with Crippen molar-refractivity contribution in [1.29, 1.82) is 0 Å². The average Bonchev–Trinajstić information content (AvgIpc) is 3.03. The molecule has 240 valence electrons. The Kier molecular flexibility index (Phi) is 10.0. The van der Waals surface area contributed by atoms with E-state index in [2.05, 4.69) is 21.3 Å². The molecule has 2 aromatic carbocycles. The van der Waals surface area contributed by atoms with Crippen molar-refractivity contribution in [3.05, 3.63) is 120 Å². The first-order valence-electron chi connectivity index (χ1n) is 15.7. The summed E-state index contributed by atoms with van der Waals surface area (Å²) in [6.07, 6.45) is 10.5. The summed E-state index contributed by atoms with van der Waals surface area (Å²) in [5.74, 6) is -2.29. The van der Waals surface area contributed by atoms with E-state index in [0.717, 1.165) is 11.1 Å². The van der Waals surface area contributed by atoms with Gasteiger partial charge < -0.3 is 31.1 Å². The summed E-state index contributed by atoms with van der Waals surface area (Å²) in [6, 6.07) is 16.3. The average molecular weight is 623 g/mol. The minimum absolute atomic E-state index is 0.265. The standard InChI is InChI=1S/C36H42N6O4/c1-23(2)31-35(45)37-29-15-17-42(20-26-13-9-6-10-14-26)22-28(29)34(44)40-32(24(3)4)36(46)38-30-16-18-41(21-27(30)33(43)39-31)19-25-11-7-5-8-12-25/h5-18,21-24,29-32H,19-20H2,1-4H3,(H,37,45)(H,38,46)(H,39,43)(H,40,44)/t29-,30-,31-,32+/m1/s1. The largest absolute Gasteiger partial charge is 0.350 e. The van der Waals surface area contributed by atoms with Crippen molar-refractivity contribution in [2.75, 3.05) is 0 Å². The Morgan fingerprint density at radius 1 is 0.565 bits per heavy atom. The highest BCUT2D eigenvalue weighted by atomic mass is 16.2. The van der Waals surface area contributed by atoms with E-state index < -0.39 is 47.8 Å². The molecule has 10 heteroatoms. The van der Waals surface area contributed by atoms with Crippen LogP contribution >= 0.6 is 0 Å². The number of hydrogen-bond acceptors (Lipinski definition) is 6. The van der Waals surface area contributed by atoms with Gasteiger partial charge in [-0.3, -0.25) is 19.2 Å². The summed E-state index contributed by atoms with van der Waals surface area (Å²) < 4.78 is 0. The molecule has 0 spiro atoms. The third kappa shape index (κ3) is 7.74. The van der Waals surface area contributed by atoms with Gasteiger partial charge in [0.25, 0.3) is 11.8 Å². The zero-order valence-electron chi connectivity index (χ0n) is 26.6. The van der Waals surface area contributed by atoms with Gasteiger partial charge in [0.15, 0.2) is 0 Å². The molecule has 10 nitrogen and oxygen atoms in total. The van der Waals surface area contributed by atoms with E-state index in [1.807, 2.05) is 111 Å². The van der Waals surface area contributed by atoms with Gasteiger partial charge in [0.2, 0.25) is 11.8 Å². The highest BCUT2D eigenvalue weighted by Gasteiger charge is 2.36. The summed E-state index contributed by atoms with van der Waals surface area (Å²) in [5.41, 5.74) is 2.65. The third-order valence-electron chi connectivity index (χ3n) is 8.23. The lowest BCUT2D eigenvalue weighted by Gasteiger charge is -2.33. The van der Waals surface area contributed by atoms with E-state index in [-0.39, 0.29) is 23.0 Å². The summed E-state index contributed by atoms with van der Waals surface area (Å²) >= 11 is 0. The molecule has 2 aromatic rings. The fraction of sp³-hybridized carbons (Fsp3) is 0.333. The predicted octanol–water partition coefficient (Wildman–Crippen LogP) is 3.08. The first kappa shape index (κ1) is 32.3. The molecule has 46 heavy (non-hydrogen) atoms. The van der Waals surface area contributed by atoms with Gasteiger partial charge in [-0.15, -0.1) is 0 Å². The lowest BCUT2D eigenvalue weighted by molar-refractivity contribution is -0.130. The van der Waals surface area contributed by atoms with Gasteiger partial charge in [-0.1, -0.05) is 88.4 Å². The van der Waals surface area contributed by atoms with Crippen LogP contribution in [0.15, 0.2) is 109 Å². The SMILES string of the molecule is CC(C)[C@@H]1NC(=O)C2=CN(Cc3ccccc3)C=C[C@H]2NC(=O)[C@@H](C(C)C)NC(=O)C2=CN(Cc3ccccc3)C=C[C@H]2NC1=O. The molecule has 1 fully saturated rings. The highest BCUT2D eigenvalue weighted by Crippen LogP contribution is 2.21. The molecule has 4 atom stereocenters. The molecule has 4 amide bonds. The second kappa shape index (κ2) is 14.3. The van der Waals surface area contributed by atoms with E-state index in [9.17, 15) is 19.2 Å². The van der Waals surface area contributed by atoms with Gasteiger partial charge >= 0.3 is 0 Å². The van der Waals surface area contributed by atoms with E-state index in [0.29, 0.717) is 13.1 Å². The van der Waals surface area contributed by atoms with Crippen LogP contribution in [-0.2, 0) is 32.3 Å². The van der Waals surface area contributed by atoms with Crippen LogP contribution in [0.1, 0.15) is 38.8 Å². The van der Waals surface area contributed by atoms with Crippen molar-refractivity contribution < 1.29 is 19.2 Å². The number of nitrogens with one attached hydrogen (secondary N) is 4. The Labute approximate surface area is 270 Å². The molecular weight excluding hydrogens is 580 g/mol. The van der Waals surface area contributed by atoms with E-state index in [1.54, 1.807) is 24.6 Å². The summed E-state index contributed by atoms with van der Waals surface area (Å²) in [6.45, 7) is 8.41. The van der Waals surface area contributed by atoms with E-state index in [1.165, 1.54) is 0 Å². The zero-order chi connectivity index (χ0) is 32.8. The van der Waals surface area contributed by atoms with Gasteiger partial charge in [0.1, 0.15) is 12.1 Å². The van der Waals surface area contributed by atoms with E-state index in [4.69, 9.17) is 0 Å². The van der Waals surface area contributed by atoms with Crippen LogP contribution in [0, 0.1) is 11.8 Å². The Hall–Kier alpha value is -5.12. The molecule has 3 heterocycles. The quantitative estimate of drug-likeness (QED) is 0.393. The van der Waals surface area contributed by atoms with Gasteiger partial charge in [-0.25, -0.2) is 0 Å². The maximum Gasteiger partial charge on any atom is 0.251 e. The smallest absolute Gasteiger partial charge is 0.251 e. The van der Waals surface area contributed by atoms with Crippen LogP contribution in [0.25, 0.3) is 0 Å². The van der Waals surface area contributed by atoms with E-state index >= 15 is 0 Å². The van der Waals surface area contributed by atoms with Crippen LogP contribution in [0.5, 0.6) is 0 Å². The van der Waals surface area contributed by atoms with Crippen molar-refractivity contribution in [1.82, 2.24) is 31.1 Å². The second-order valence-electron chi connectivity index (χ2n) is 12.5. The lowest BCUT2D eigenvalue weighted by atomic mass is 9.96. The number of carbonyl (C=O) groups is 4. The van der Waals surface area contributed by atoms with Crippen LogP contribution in [0.4, 0.5) is 0 Å². The molecule has 5 rings (SSSR count). The molecule has 0 radical (unpaired) electrons. The number of carbonyl (C=O) groups excluding carboxylic acids is 4. The molecule has 0 unspecified atom stereocenters. The fourth-order valence-corrected chi connectivity index (χ4v) is 5.65. The number of nitrogens with zero attached hydrogens (tertiary/aromatic N) is 2. The number of amides is 4. The number of benzene rings is 2. The molecule has 3 aliphatic heterocycles. The predicted molar refractivity (Wildman–Crippen MR) is 176 cm³/mol. The Morgan fingerprint density at radius 3 is 1.28 bits per heavy atom. The number of rotatable bonds is 6. The normalized spacial score (nSPS) is 23.8. The van der Waals surface area contributed by atoms with Crippen molar-refractivity contribution >= 4 is 23.6 Å². The third-order valence-corrected chi connectivity index (χ3v) is 8.23. The van der Waals surface area contributed by atoms with Crippen LogP contribution in [0.2, 0.25) is 0 Å². The molecule has 0 aromatic heterocycles. The molecule has 0 saturated carbocycles. The Bertz CT molecular complexity index is 1450. The summed E-state index contributed by atoms with van der Waals surface area (Å²) in [4.78, 5) is 59.0. The topological polar surface area (TPSA) is 123 Å². The minimum Gasteiger partial charge on any atom is -0.350 e. The van der Waals surface area contributed by atoms with Crippen LogP contribution in [0.3, 0.4) is 0 Å². The van der Waals surface area contributed by atoms with Gasteiger partial charge in [-0.2, -0.15) is 0 Å². The van der Waals surface area contributed by atoms with Gasteiger partial charge in [0.05, 0.1) is 23.2 Å². The van der Waals surface area contributed by atoms with Crippen molar-refractivity contribution in [2.24, 2.45) is 11.8 Å². The molecule has 3 aliphatic rings. The molecule has 0 aliphatic carbocycles. The first-order valence-corrected chi connectivity index (χ1v) is 15.7. The Morgan fingerprint density at radius 2 is 0.935 bits per heavy atom. The van der Waals surface area contributed by atoms with Crippen molar-refractivity contribution in [3.8, 4) is 0 Å². The second-order valence-corrected chi connectivity index (χ2v) is 12.5.